The lowest BCUT2D eigenvalue weighted by Crippen LogP contribution is -2.36. The number of nitrogens with one attached hydrogen (secondary N) is 2. The molecule has 1 aromatic carbocycles. The molecule has 0 spiro atoms. The molecule has 25 heavy (non-hydrogen) atoms. The van der Waals surface area contributed by atoms with Crippen molar-refractivity contribution in [3.63, 3.8) is 0 Å². The van der Waals surface area contributed by atoms with Crippen LogP contribution in [-0.2, 0) is 22.6 Å². The van der Waals surface area contributed by atoms with Crippen LogP contribution in [-0.4, -0.2) is 34.8 Å². The summed E-state index contributed by atoms with van der Waals surface area (Å²) in [7, 11) is 0. The molecule has 132 valence electrons. The second-order valence-corrected chi connectivity index (χ2v) is 7.41. The summed E-state index contributed by atoms with van der Waals surface area (Å²) in [4.78, 5) is 31.2. The van der Waals surface area contributed by atoms with E-state index in [0.29, 0.717) is 18.2 Å². The summed E-state index contributed by atoms with van der Waals surface area (Å²) in [6.07, 6.45) is 0.794. The van der Waals surface area contributed by atoms with Crippen LogP contribution < -0.4 is 10.6 Å². The highest BCUT2D eigenvalue weighted by atomic mass is 32.1. The van der Waals surface area contributed by atoms with Crippen molar-refractivity contribution in [2.75, 3.05) is 23.7 Å². The lowest BCUT2D eigenvalue weighted by atomic mass is 10.1. The molecule has 0 aliphatic carbocycles. The molecular weight excluding hydrogens is 336 g/mol. The lowest BCUT2D eigenvalue weighted by molar-refractivity contribution is -0.117. The summed E-state index contributed by atoms with van der Waals surface area (Å²) in [5, 5.41) is 6.37. The van der Waals surface area contributed by atoms with Crippen molar-refractivity contribution in [3.05, 3.63) is 39.9 Å². The second-order valence-electron chi connectivity index (χ2n) is 6.33. The molecule has 0 saturated carbocycles. The molecule has 2 aromatic rings. The summed E-state index contributed by atoms with van der Waals surface area (Å²) in [5.41, 5.74) is 4.16. The minimum atomic E-state index is -0.115. The maximum absolute atomic E-state index is 12.4. The number of aromatic nitrogens is 1. The molecule has 1 aliphatic rings. The van der Waals surface area contributed by atoms with Gasteiger partial charge in [0.05, 0.1) is 12.2 Å². The van der Waals surface area contributed by atoms with Crippen molar-refractivity contribution in [1.29, 1.82) is 0 Å². The van der Waals surface area contributed by atoms with E-state index in [2.05, 4.69) is 20.5 Å². The highest BCUT2D eigenvalue weighted by Gasteiger charge is 2.22. The number of thiazole rings is 1. The molecule has 0 fully saturated rings. The van der Waals surface area contributed by atoms with Gasteiger partial charge in [-0.3, -0.25) is 14.5 Å². The lowest BCUT2D eigenvalue weighted by Gasteiger charge is -2.25. The molecule has 2 amide bonds. The fourth-order valence-electron chi connectivity index (χ4n) is 2.87. The van der Waals surface area contributed by atoms with Gasteiger partial charge in [-0.1, -0.05) is 12.1 Å². The van der Waals surface area contributed by atoms with Crippen molar-refractivity contribution in [2.24, 2.45) is 0 Å². The van der Waals surface area contributed by atoms with Gasteiger partial charge in [-0.2, -0.15) is 0 Å². The molecule has 3 rings (SSSR count). The predicted octanol–water partition coefficient (Wildman–Crippen LogP) is 2.72. The Hall–Kier alpha value is -2.25. The Kier molecular flexibility index (Phi) is 5.15. The van der Waals surface area contributed by atoms with Crippen LogP contribution in [0.1, 0.15) is 28.6 Å². The van der Waals surface area contributed by atoms with E-state index in [-0.39, 0.29) is 11.8 Å². The smallest absolute Gasteiger partial charge is 0.238 e. The Labute approximate surface area is 151 Å². The number of aryl methyl sites for hydroxylation is 1. The summed E-state index contributed by atoms with van der Waals surface area (Å²) in [6, 6.07) is 5.91. The fourth-order valence-corrected chi connectivity index (χ4v) is 3.96. The van der Waals surface area contributed by atoms with E-state index in [1.54, 1.807) is 0 Å². The van der Waals surface area contributed by atoms with Crippen molar-refractivity contribution < 1.29 is 9.59 Å². The third kappa shape index (κ3) is 4.24. The first-order chi connectivity index (χ1) is 11.9. The molecule has 2 heterocycles. The van der Waals surface area contributed by atoms with E-state index in [1.807, 2.05) is 32.0 Å². The van der Waals surface area contributed by atoms with Gasteiger partial charge in [0, 0.05) is 37.0 Å². The quantitative estimate of drug-likeness (QED) is 0.881. The van der Waals surface area contributed by atoms with E-state index in [1.165, 1.54) is 18.3 Å². The molecule has 0 atom stereocenters. The van der Waals surface area contributed by atoms with Crippen LogP contribution >= 0.6 is 11.3 Å². The fraction of sp³-hybridized carbons (Fsp3) is 0.389. The van der Waals surface area contributed by atoms with Gasteiger partial charge >= 0.3 is 0 Å². The molecule has 7 heteroatoms. The van der Waals surface area contributed by atoms with Gasteiger partial charge in [0.1, 0.15) is 0 Å². The van der Waals surface area contributed by atoms with Crippen LogP contribution in [0.4, 0.5) is 10.8 Å². The maximum atomic E-state index is 12.4. The van der Waals surface area contributed by atoms with Gasteiger partial charge < -0.3 is 10.6 Å². The van der Waals surface area contributed by atoms with Crippen LogP contribution in [0.15, 0.2) is 18.2 Å². The normalized spacial score (nSPS) is 14.0. The maximum Gasteiger partial charge on any atom is 0.238 e. The molecule has 0 saturated heterocycles. The SMILES string of the molecule is CC(=O)Nc1nc2c(s1)CN(CC(=O)Nc1cccc(C)c1C)CC2. The zero-order valence-corrected chi connectivity index (χ0v) is 15.5. The van der Waals surface area contributed by atoms with Gasteiger partial charge in [-0.05, 0) is 31.0 Å². The monoisotopic (exact) mass is 358 g/mol. The number of amides is 2. The molecule has 0 bridgehead atoms. The van der Waals surface area contributed by atoms with E-state index in [4.69, 9.17) is 0 Å². The Bertz CT molecular complexity index is 815. The third-order valence-corrected chi connectivity index (χ3v) is 5.34. The minimum absolute atomic E-state index is 0.0104. The van der Waals surface area contributed by atoms with E-state index >= 15 is 0 Å². The van der Waals surface area contributed by atoms with Crippen LogP contribution in [0.3, 0.4) is 0 Å². The first-order valence-corrected chi connectivity index (χ1v) is 9.08. The number of anilines is 2. The van der Waals surface area contributed by atoms with Crippen molar-refractivity contribution in [2.45, 2.75) is 33.7 Å². The molecule has 0 radical (unpaired) electrons. The highest BCUT2D eigenvalue weighted by Crippen LogP contribution is 2.28. The van der Waals surface area contributed by atoms with Gasteiger partial charge in [0.2, 0.25) is 11.8 Å². The number of benzene rings is 1. The molecule has 2 N–H and O–H groups in total. The number of hydrogen-bond acceptors (Lipinski definition) is 5. The topological polar surface area (TPSA) is 74.3 Å². The van der Waals surface area contributed by atoms with Crippen LogP contribution in [0.5, 0.6) is 0 Å². The highest BCUT2D eigenvalue weighted by molar-refractivity contribution is 7.15. The number of carbonyl (C=O) groups is 2. The third-order valence-electron chi connectivity index (χ3n) is 4.34. The number of carbonyl (C=O) groups excluding carboxylic acids is 2. The van der Waals surface area contributed by atoms with E-state index < -0.39 is 0 Å². The summed E-state index contributed by atoms with van der Waals surface area (Å²) < 4.78 is 0. The Morgan fingerprint density at radius 2 is 2.08 bits per heavy atom. The predicted molar refractivity (Wildman–Crippen MR) is 99.9 cm³/mol. The molecule has 0 unspecified atom stereocenters. The standard InChI is InChI=1S/C18H22N4O2S/c1-11-5-4-6-14(12(11)2)20-17(24)10-22-8-7-15-16(9-22)25-18(21-15)19-13(3)23/h4-6H,7-10H2,1-3H3,(H,20,24)(H,19,21,23). The van der Waals surface area contributed by atoms with Crippen LogP contribution in [0.25, 0.3) is 0 Å². The van der Waals surface area contributed by atoms with Gasteiger partial charge in [-0.15, -0.1) is 11.3 Å². The number of fused-ring (bicyclic) bond motifs is 1. The molecular formula is C18H22N4O2S. The first kappa shape index (κ1) is 17.6. The molecule has 1 aromatic heterocycles. The largest absolute Gasteiger partial charge is 0.325 e. The van der Waals surface area contributed by atoms with Gasteiger partial charge in [-0.25, -0.2) is 4.98 Å². The summed E-state index contributed by atoms with van der Waals surface area (Å²) in [5.74, 6) is -0.125. The van der Waals surface area contributed by atoms with E-state index in [9.17, 15) is 9.59 Å². The van der Waals surface area contributed by atoms with Crippen molar-refractivity contribution in [3.8, 4) is 0 Å². The van der Waals surface area contributed by atoms with Crippen LogP contribution in [0.2, 0.25) is 0 Å². The molecule has 6 nitrogen and oxygen atoms in total. The first-order valence-electron chi connectivity index (χ1n) is 8.27. The van der Waals surface area contributed by atoms with Crippen molar-refractivity contribution in [1.82, 2.24) is 9.88 Å². The zero-order valence-electron chi connectivity index (χ0n) is 14.7. The van der Waals surface area contributed by atoms with Gasteiger partial charge in [0.15, 0.2) is 5.13 Å². The molecule has 1 aliphatic heterocycles. The minimum Gasteiger partial charge on any atom is -0.325 e. The Morgan fingerprint density at radius 1 is 1.28 bits per heavy atom. The van der Waals surface area contributed by atoms with E-state index in [0.717, 1.165) is 40.4 Å². The summed E-state index contributed by atoms with van der Waals surface area (Å²) in [6.45, 7) is 7.35. The number of hydrogen-bond donors (Lipinski definition) is 2. The van der Waals surface area contributed by atoms with Crippen LogP contribution in [0, 0.1) is 13.8 Å². The number of nitrogens with zero attached hydrogens (tertiary/aromatic N) is 2. The summed E-state index contributed by atoms with van der Waals surface area (Å²) >= 11 is 1.49. The second kappa shape index (κ2) is 7.33. The van der Waals surface area contributed by atoms with Gasteiger partial charge in [0.25, 0.3) is 0 Å². The van der Waals surface area contributed by atoms with Crippen molar-refractivity contribution >= 4 is 34.0 Å². The Morgan fingerprint density at radius 3 is 2.84 bits per heavy atom. The average molecular weight is 358 g/mol. The average Bonchev–Trinajstić information content (AvgIpc) is 2.92. The Balaban J connectivity index is 1.60. The zero-order chi connectivity index (χ0) is 18.0. The number of rotatable bonds is 4.